The number of furan rings is 1. The number of nitrogens with one attached hydrogen (secondary N) is 1. The molecule has 7 heteroatoms. The summed E-state index contributed by atoms with van der Waals surface area (Å²) < 4.78 is 10.5. The molecule has 0 atom stereocenters. The molecule has 0 radical (unpaired) electrons. The fourth-order valence-electron chi connectivity index (χ4n) is 1.86. The molecule has 1 aromatic carbocycles. The number of likely N-dealkylation sites (N-methyl/N-ethyl adjacent to an activating group) is 1. The lowest BCUT2D eigenvalue weighted by molar-refractivity contribution is -0.131. The van der Waals surface area contributed by atoms with E-state index in [-0.39, 0.29) is 30.6 Å². The Labute approximate surface area is 139 Å². The first-order valence-corrected chi connectivity index (χ1v) is 7.29. The summed E-state index contributed by atoms with van der Waals surface area (Å²) in [6.45, 7) is 0.218. The Kier molecular flexibility index (Phi) is 5.97. The molecule has 0 unspecified atom stereocenters. The van der Waals surface area contributed by atoms with E-state index < -0.39 is 0 Å². The lowest BCUT2D eigenvalue weighted by Crippen LogP contribution is -2.32. The molecule has 0 fully saturated rings. The van der Waals surface area contributed by atoms with E-state index in [9.17, 15) is 9.59 Å². The van der Waals surface area contributed by atoms with Gasteiger partial charge in [-0.3, -0.25) is 9.59 Å². The summed E-state index contributed by atoms with van der Waals surface area (Å²) in [4.78, 5) is 25.2. The third kappa shape index (κ3) is 4.88. The van der Waals surface area contributed by atoms with Gasteiger partial charge in [-0.1, -0.05) is 6.07 Å². The van der Waals surface area contributed by atoms with Crippen LogP contribution in [0.3, 0.4) is 0 Å². The molecule has 0 bridgehead atoms. The number of hydrogen-bond acceptors (Lipinski definition) is 5. The Bertz CT molecular complexity index is 735. The van der Waals surface area contributed by atoms with Crippen LogP contribution in [-0.2, 0) is 4.79 Å². The zero-order chi connectivity index (χ0) is 17.4. The second-order valence-corrected chi connectivity index (χ2v) is 4.97. The van der Waals surface area contributed by atoms with Crippen LogP contribution >= 0.6 is 0 Å². The maximum atomic E-state index is 11.9. The summed E-state index contributed by atoms with van der Waals surface area (Å²) in [6.07, 6.45) is 1.69. The van der Waals surface area contributed by atoms with E-state index in [2.05, 4.69) is 5.32 Å². The van der Waals surface area contributed by atoms with E-state index in [1.54, 1.807) is 43.4 Å². The first-order chi connectivity index (χ1) is 11.6. The van der Waals surface area contributed by atoms with Gasteiger partial charge in [-0.05, 0) is 24.3 Å². The Morgan fingerprint density at radius 1 is 1.33 bits per heavy atom. The van der Waals surface area contributed by atoms with Crippen LogP contribution in [0.15, 0.2) is 47.1 Å². The van der Waals surface area contributed by atoms with Crippen LogP contribution in [0.25, 0.3) is 0 Å². The number of nitriles is 1. The van der Waals surface area contributed by atoms with Crippen LogP contribution in [0.2, 0.25) is 0 Å². The monoisotopic (exact) mass is 327 g/mol. The summed E-state index contributed by atoms with van der Waals surface area (Å²) in [6, 6.07) is 11.9. The van der Waals surface area contributed by atoms with E-state index in [0.717, 1.165) is 0 Å². The lowest BCUT2D eigenvalue weighted by Gasteiger charge is -2.16. The van der Waals surface area contributed by atoms with Gasteiger partial charge in [-0.2, -0.15) is 5.26 Å². The van der Waals surface area contributed by atoms with Gasteiger partial charge in [0.25, 0.3) is 11.8 Å². The molecule has 2 amide bonds. The quantitative estimate of drug-likeness (QED) is 0.841. The van der Waals surface area contributed by atoms with E-state index in [1.165, 1.54) is 11.2 Å². The maximum Gasteiger partial charge on any atom is 0.291 e. The molecule has 7 nitrogen and oxygen atoms in total. The molecule has 1 aromatic heterocycles. The molecule has 0 spiro atoms. The van der Waals surface area contributed by atoms with Crippen molar-refractivity contribution in [2.45, 2.75) is 6.42 Å². The highest BCUT2D eigenvalue weighted by molar-refractivity contribution is 6.02. The minimum Gasteiger partial charge on any atom is -0.484 e. The molecular weight excluding hydrogens is 310 g/mol. The van der Waals surface area contributed by atoms with Gasteiger partial charge < -0.3 is 19.4 Å². The van der Waals surface area contributed by atoms with Gasteiger partial charge >= 0.3 is 0 Å². The van der Waals surface area contributed by atoms with Crippen LogP contribution in [0.4, 0.5) is 5.69 Å². The predicted octanol–water partition coefficient (Wildman–Crippen LogP) is 2.28. The maximum absolute atomic E-state index is 11.9. The van der Waals surface area contributed by atoms with E-state index in [1.807, 2.05) is 6.07 Å². The van der Waals surface area contributed by atoms with E-state index >= 15 is 0 Å². The van der Waals surface area contributed by atoms with E-state index in [0.29, 0.717) is 18.0 Å². The normalized spacial score (nSPS) is 9.83. The molecule has 2 rings (SSSR count). The summed E-state index contributed by atoms with van der Waals surface area (Å²) in [7, 11) is 1.61. The first-order valence-electron chi connectivity index (χ1n) is 7.29. The SMILES string of the molecule is CN(CCC#N)C(=O)COc1cccc(NC(=O)c2ccco2)c1. The molecule has 1 N–H and O–H groups in total. The van der Waals surface area contributed by atoms with Gasteiger partial charge in [0, 0.05) is 25.3 Å². The van der Waals surface area contributed by atoms with Crippen LogP contribution in [0.5, 0.6) is 5.75 Å². The van der Waals surface area contributed by atoms with Crippen molar-refractivity contribution in [3.63, 3.8) is 0 Å². The Morgan fingerprint density at radius 2 is 2.17 bits per heavy atom. The van der Waals surface area contributed by atoms with Crippen molar-refractivity contribution in [2.24, 2.45) is 0 Å². The second kappa shape index (κ2) is 8.39. The Morgan fingerprint density at radius 3 is 2.88 bits per heavy atom. The van der Waals surface area contributed by atoms with Gasteiger partial charge in [0.2, 0.25) is 0 Å². The highest BCUT2D eigenvalue weighted by Crippen LogP contribution is 2.18. The average molecular weight is 327 g/mol. The average Bonchev–Trinajstić information content (AvgIpc) is 3.12. The van der Waals surface area contributed by atoms with Crippen molar-refractivity contribution >= 4 is 17.5 Å². The van der Waals surface area contributed by atoms with Crippen molar-refractivity contribution in [2.75, 3.05) is 25.5 Å². The zero-order valence-corrected chi connectivity index (χ0v) is 13.2. The second-order valence-electron chi connectivity index (χ2n) is 4.97. The molecule has 0 aliphatic carbocycles. The summed E-state index contributed by atoms with van der Waals surface area (Å²) in [5, 5.41) is 11.2. The molecule has 0 aliphatic heterocycles. The highest BCUT2D eigenvalue weighted by Gasteiger charge is 2.11. The van der Waals surface area contributed by atoms with Crippen LogP contribution in [0, 0.1) is 11.3 Å². The fourth-order valence-corrected chi connectivity index (χ4v) is 1.86. The van der Waals surface area contributed by atoms with Gasteiger partial charge in [-0.25, -0.2) is 0 Å². The predicted molar refractivity (Wildman–Crippen MR) is 86.5 cm³/mol. The van der Waals surface area contributed by atoms with Crippen LogP contribution in [-0.4, -0.2) is 36.9 Å². The molecule has 0 saturated heterocycles. The summed E-state index contributed by atoms with van der Waals surface area (Å²) in [5.41, 5.74) is 0.527. The first kappa shape index (κ1) is 17.1. The number of nitrogens with zero attached hydrogens (tertiary/aromatic N) is 2. The molecule has 124 valence electrons. The smallest absolute Gasteiger partial charge is 0.291 e. The number of carbonyl (C=O) groups excluding carboxylic acids is 2. The molecule has 24 heavy (non-hydrogen) atoms. The van der Waals surface area contributed by atoms with Gasteiger partial charge in [0.05, 0.1) is 18.8 Å². The Hall–Kier alpha value is -3.27. The number of amides is 2. The van der Waals surface area contributed by atoms with Gasteiger partial charge in [0.15, 0.2) is 12.4 Å². The van der Waals surface area contributed by atoms with Gasteiger partial charge in [0.1, 0.15) is 5.75 Å². The van der Waals surface area contributed by atoms with E-state index in [4.69, 9.17) is 14.4 Å². The minimum atomic E-state index is -0.371. The topological polar surface area (TPSA) is 95.6 Å². The number of benzene rings is 1. The van der Waals surface area contributed by atoms with Crippen molar-refractivity contribution in [3.8, 4) is 11.8 Å². The number of anilines is 1. The molecule has 1 heterocycles. The molecule has 0 aliphatic rings. The van der Waals surface area contributed by atoms with Crippen LogP contribution < -0.4 is 10.1 Å². The zero-order valence-electron chi connectivity index (χ0n) is 13.2. The minimum absolute atomic E-state index is 0.141. The fraction of sp³-hybridized carbons (Fsp3) is 0.235. The van der Waals surface area contributed by atoms with Crippen molar-refractivity contribution in [3.05, 3.63) is 48.4 Å². The number of rotatable bonds is 7. The van der Waals surface area contributed by atoms with Crippen molar-refractivity contribution in [1.29, 1.82) is 5.26 Å². The standard InChI is InChI=1S/C17H17N3O4/c1-20(9-4-8-18)16(21)12-24-14-6-2-5-13(11-14)19-17(22)15-7-3-10-23-15/h2-3,5-7,10-11H,4,9,12H2,1H3,(H,19,22). The lowest BCUT2D eigenvalue weighted by atomic mass is 10.3. The Balaban J connectivity index is 1.90. The molecular formula is C17H17N3O4. The van der Waals surface area contributed by atoms with Crippen LogP contribution in [0.1, 0.15) is 17.0 Å². The number of ether oxygens (including phenoxy) is 1. The number of hydrogen-bond donors (Lipinski definition) is 1. The summed E-state index contributed by atoms with van der Waals surface area (Å²) in [5.74, 6) is 0.0598. The number of carbonyl (C=O) groups is 2. The van der Waals surface area contributed by atoms with Gasteiger partial charge in [-0.15, -0.1) is 0 Å². The largest absolute Gasteiger partial charge is 0.484 e. The highest BCUT2D eigenvalue weighted by atomic mass is 16.5. The third-order valence-corrected chi connectivity index (χ3v) is 3.18. The van der Waals surface area contributed by atoms with Crippen molar-refractivity contribution in [1.82, 2.24) is 4.90 Å². The molecule has 0 saturated carbocycles. The van der Waals surface area contributed by atoms with Crippen molar-refractivity contribution < 1.29 is 18.7 Å². The summed E-state index contributed by atoms with van der Waals surface area (Å²) >= 11 is 0. The molecule has 2 aromatic rings. The third-order valence-electron chi connectivity index (χ3n) is 3.18.